The SMILES string of the molecule is C[C@@H](C(=O)N1CC2CC2C1)N1CCN(S(=O)(=O)c2ccc(C(C)(C)C)cc2)CC1. The molecule has 0 N–H and O–H groups in total. The number of piperazine rings is 1. The largest absolute Gasteiger partial charge is 0.341 e. The second-order valence-corrected chi connectivity index (χ2v) is 11.8. The standard InChI is InChI=1S/C22H33N3O3S/c1-16(21(26)24-14-17-13-18(17)15-24)23-9-11-25(12-10-23)29(27,28)20-7-5-19(6-8-20)22(2,3)4/h5-8,16-18H,9-15H2,1-4H3/t16-,17?,18?/m0/s1. The zero-order valence-corrected chi connectivity index (χ0v) is 18.8. The highest BCUT2D eigenvalue weighted by Gasteiger charge is 2.47. The van der Waals surface area contributed by atoms with Crippen molar-refractivity contribution in [3.8, 4) is 0 Å². The molecule has 1 saturated carbocycles. The first kappa shape index (κ1) is 20.8. The molecule has 7 heteroatoms. The fourth-order valence-corrected chi connectivity index (χ4v) is 6.03. The molecule has 0 radical (unpaired) electrons. The van der Waals surface area contributed by atoms with Crippen molar-refractivity contribution in [2.24, 2.45) is 11.8 Å². The lowest BCUT2D eigenvalue weighted by Crippen LogP contribution is -2.55. The molecule has 2 unspecified atom stereocenters. The molecule has 1 aromatic carbocycles. The number of nitrogens with zero attached hydrogens (tertiary/aromatic N) is 3. The number of carbonyl (C=O) groups excluding carboxylic acids is 1. The molecule has 0 bridgehead atoms. The number of fused-ring (bicyclic) bond motifs is 1. The second-order valence-electron chi connectivity index (χ2n) is 9.89. The molecule has 0 aromatic heterocycles. The minimum Gasteiger partial charge on any atom is -0.341 e. The van der Waals surface area contributed by atoms with Gasteiger partial charge in [-0.15, -0.1) is 0 Å². The Labute approximate surface area is 174 Å². The average Bonchev–Trinajstić information content (AvgIpc) is 3.31. The molecule has 0 spiro atoms. The fraction of sp³-hybridized carbons (Fsp3) is 0.682. The molecule has 3 aliphatic rings. The fourth-order valence-electron chi connectivity index (χ4n) is 4.61. The number of hydrogen-bond acceptors (Lipinski definition) is 4. The van der Waals surface area contributed by atoms with Crippen LogP contribution in [-0.2, 0) is 20.2 Å². The van der Waals surface area contributed by atoms with E-state index in [1.54, 1.807) is 16.4 Å². The van der Waals surface area contributed by atoms with E-state index >= 15 is 0 Å². The van der Waals surface area contributed by atoms with Crippen molar-refractivity contribution in [2.45, 2.75) is 50.5 Å². The van der Waals surface area contributed by atoms with Crippen molar-refractivity contribution < 1.29 is 13.2 Å². The normalized spacial score (nSPS) is 27.0. The first-order valence-corrected chi connectivity index (χ1v) is 12.1. The van der Waals surface area contributed by atoms with Crippen molar-refractivity contribution in [3.05, 3.63) is 29.8 Å². The van der Waals surface area contributed by atoms with Crippen molar-refractivity contribution in [1.29, 1.82) is 0 Å². The molecule has 2 saturated heterocycles. The first-order valence-electron chi connectivity index (χ1n) is 10.7. The highest BCUT2D eigenvalue weighted by molar-refractivity contribution is 7.89. The van der Waals surface area contributed by atoms with Crippen LogP contribution in [0.3, 0.4) is 0 Å². The number of likely N-dealkylation sites (tertiary alicyclic amines) is 1. The summed E-state index contributed by atoms with van der Waals surface area (Å²) in [6, 6.07) is 7.07. The molecular weight excluding hydrogens is 386 g/mol. The number of carbonyl (C=O) groups is 1. The quantitative estimate of drug-likeness (QED) is 0.750. The van der Waals surface area contributed by atoms with Crippen LogP contribution in [0.5, 0.6) is 0 Å². The van der Waals surface area contributed by atoms with E-state index in [0.717, 1.165) is 30.5 Å². The maximum Gasteiger partial charge on any atom is 0.243 e. The molecule has 1 aliphatic carbocycles. The Hall–Kier alpha value is -1.44. The van der Waals surface area contributed by atoms with E-state index in [1.807, 2.05) is 24.0 Å². The molecule has 6 nitrogen and oxygen atoms in total. The lowest BCUT2D eigenvalue weighted by atomic mass is 9.87. The van der Waals surface area contributed by atoms with E-state index in [4.69, 9.17) is 0 Å². The molecule has 29 heavy (non-hydrogen) atoms. The molecule has 3 atom stereocenters. The van der Waals surface area contributed by atoms with Crippen LogP contribution in [0.1, 0.15) is 39.7 Å². The minimum atomic E-state index is -3.50. The van der Waals surface area contributed by atoms with Crippen molar-refractivity contribution in [2.75, 3.05) is 39.3 Å². The van der Waals surface area contributed by atoms with Gasteiger partial charge in [0.1, 0.15) is 0 Å². The van der Waals surface area contributed by atoms with E-state index < -0.39 is 10.0 Å². The highest BCUT2D eigenvalue weighted by Crippen LogP contribution is 2.45. The molecule has 3 fully saturated rings. The van der Waals surface area contributed by atoms with Crippen LogP contribution in [0.4, 0.5) is 0 Å². The van der Waals surface area contributed by atoms with Crippen LogP contribution >= 0.6 is 0 Å². The summed E-state index contributed by atoms with van der Waals surface area (Å²) in [5.41, 5.74) is 1.11. The topological polar surface area (TPSA) is 60.9 Å². The van der Waals surface area contributed by atoms with E-state index in [2.05, 4.69) is 25.7 Å². The van der Waals surface area contributed by atoms with Crippen LogP contribution in [0.15, 0.2) is 29.2 Å². The predicted octanol–water partition coefficient (Wildman–Crippen LogP) is 2.16. The van der Waals surface area contributed by atoms with Gasteiger partial charge in [-0.05, 0) is 48.3 Å². The van der Waals surface area contributed by atoms with Gasteiger partial charge < -0.3 is 4.90 Å². The zero-order valence-electron chi connectivity index (χ0n) is 18.0. The van der Waals surface area contributed by atoms with Gasteiger partial charge in [-0.25, -0.2) is 8.42 Å². The van der Waals surface area contributed by atoms with Crippen molar-refractivity contribution >= 4 is 15.9 Å². The predicted molar refractivity (Wildman–Crippen MR) is 113 cm³/mol. The zero-order chi connectivity index (χ0) is 21.0. The summed E-state index contributed by atoms with van der Waals surface area (Å²) >= 11 is 0. The van der Waals surface area contributed by atoms with Crippen molar-refractivity contribution in [3.63, 3.8) is 0 Å². The van der Waals surface area contributed by atoms with E-state index in [1.165, 1.54) is 6.42 Å². The molecule has 1 aromatic rings. The second kappa shape index (κ2) is 7.36. The third-order valence-electron chi connectivity index (χ3n) is 6.83. The maximum absolute atomic E-state index is 13.0. The lowest BCUT2D eigenvalue weighted by molar-refractivity contribution is -0.136. The number of sulfonamides is 1. The summed E-state index contributed by atoms with van der Waals surface area (Å²) in [5.74, 6) is 1.67. The Bertz CT molecular complexity index is 858. The average molecular weight is 420 g/mol. The van der Waals surface area contributed by atoms with Gasteiger partial charge in [0.25, 0.3) is 0 Å². The van der Waals surface area contributed by atoms with Gasteiger partial charge in [-0.2, -0.15) is 4.31 Å². The lowest BCUT2D eigenvalue weighted by Gasteiger charge is -2.38. The first-order chi connectivity index (χ1) is 13.6. The number of rotatable bonds is 4. The van der Waals surface area contributed by atoms with Crippen molar-refractivity contribution in [1.82, 2.24) is 14.1 Å². The van der Waals surface area contributed by atoms with Crippen LogP contribution in [0.25, 0.3) is 0 Å². The Morgan fingerprint density at radius 3 is 2.07 bits per heavy atom. The Morgan fingerprint density at radius 1 is 1.00 bits per heavy atom. The van der Waals surface area contributed by atoms with Crippen LogP contribution in [0, 0.1) is 11.8 Å². The number of amides is 1. The smallest absolute Gasteiger partial charge is 0.243 e. The van der Waals surface area contributed by atoms with Gasteiger partial charge in [0.15, 0.2) is 0 Å². The minimum absolute atomic E-state index is 0.00750. The van der Waals surface area contributed by atoms with Gasteiger partial charge in [-0.1, -0.05) is 32.9 Å². The molecular formula is C22H33N3O3S. The third kappa shape index (κ3) is 4.09. The molecule has 160 valence electrons. The van der Waals surface area contributed by atoms with Gasteiger partial charge in [0.05, 0.1) is 10.9 Å². The molecule has 2 heterocycles. The van der Waals surface area contributed by atoms with Gasteiger partial charge in [-0.3, -0.25) is 9.69 Å². The number of piperidine rings is 1. The summed E-state index contributed by atoms with van der Waals surface area (Å²) in [6.45, 7) is 12.1. The van der Waals surface area contributed by atoms with E-state index in [0.29, 0.717) is 31.1 Å². The third-order valence-corrected chi connectivity index (χ3v) is 8.74. The van der Waals surface area contributed by atoms with Crippen LogP contribution < -0.4 is 0 Å². The Kier molecular flexibility index (Phi) is 5.28. The van der Waals surface area contributed by atoms with Gasteiger partial charge in [0, 0.05) is 39.3 Å². The Morgan fingerprint density at radius 2 is 1.55 bits per heavy atom. The van der Waals surface area contributed by atoms with Gasteiger partial charge >= 0.3 is 0 Å². The molecule has 1 amide bonds. The monoisotopic (exact) mass is 419 g/mol. The summed E-state index contributed by atoms with van der Waals surface area (Å²) in [7, 11) is -3.50. The molecule has 2 aliphatic heterocycles. The van der Waals surface area contributed by atoms with Crippen LogP contribution in [0.2, 0.25) is 0 Å². The van der Waals surface area contributed by atoms with E-state index in [-0.39, 0.29) is 17.4 Å². The maximum atomic E-state index is 13.0. The molecule has 4 rings (SSSR count). The summed E-state index contributed by atoms with van der Waals surface area (Å²) < 4.78 is 27.6. The summed E-state index contributed by atoms with van der Waals surface area (Å²) in [5, 5.41) is 0. The summed E-state index contributed by atoms with van der Waals surface area (Å²) in [6.07, 6.45) is 1.28. The highest BCUT2D eigenvalue weighted by atomic mass is 32.2. The summed E-state index contributed by atoms with van der Waals surface area (Å²) in [4.78, 5) is 17.3. The van der Waals surface area contributed by atoms with E-state index in [9.17, 15) is 13.2 Å². The Balaban J connectivity index is 1.36. The number of hydrogen-bond donors (Lipinski definition) is 0. The van der Waals surface area contributed by atoms with Gasteiger partial charge in [0.2, 0.25) is 15.9 Å². The van der Waals surface area contributed by atoms with Crippen LogP contribution in [-0.4, -0.2) is 73.7 Å². The number of benzene rings is 1.